The Kier molecular flexibility index (Phi) is 7.46. The summed E-state index contributed by atoms with van der Waals surface area (Å²) < 4.78 is 4.87. The molecule has 0 unspecified atom stereocenters. The maximum Gasteiger partial charge on any atom is 0.276 e. The molecule has 43 heavy (non-hydrogen) atoms. The molecule has 0 aliphatic carbocycles. The number of rotatable bonds is 10. The lowest BCUT2D eigenvalue weighted by Crippen LogP contribution is -2.19. The summed E-state index contributed by atoms with van der Waals surface area (Å²) in [4.78, 5) is 45.6. The zero-order valence-electron chi connectivity index (χ0n) is 23.6. The van der Waals surface area contributed by atoms with Gasteiger partial charge in [0.2, 0.25) is 23.7 Å². The Morgan fingerprint density at radius 2 is 1.37 bits per heavy atom. The van der Waals surface area contributed by atoms with Gasteiger partial charge in [0.1, 0.15) is 28.2 Å². The molecular weight excluding hydrogens is 556 g/mol. The number of aromatic hydroxyl groups is 2. The molecular formula is C28H30N10O5. The zero-order valence-corrected chi connectivity index (χ0v) is 23.6. The topological polar surface area (TPSA) is 221 Å². The fraction of sp³-hybridized carbons (Fsp3) is 0.214. The smallest absolute Gasteiger partial charge is 0.276 e. The standard InChI is InChI=1S/C28H30N10O5/c1-4-38-19(9-14(2)35-38)26(43)34-28-33-18-11-16(25(30)42)13-21(40)23(18)37(28)8-6-5-7-36-22-17(32-27(36)31-3)10-15(24(29)41)12-20(22)39/h5-6,9-13,39-40H,4,7-8H2,1-3H3,(H2,29,41)(H2,30,42)(H,31,32)(H,33,34,43)/b6-5+. The predicted octanol–water partition coefficient (Wildman–Crippen LogP) is 2.07. The maximum absolute atomic E-state index is 13.2. The zero-order chi connectivity index (χ0) is 31.0. The van der Waals surface area contributed by atoms with E-state index in [4.69, 9.17) is 11.5 Å². The first-order chi connectivity index (χ1) is 20.5. The summed E-state index contributed by atoms with van der Waals surface area (Å²) in [5.74, 6) is -1.70. The van der Waals surface area contributed by atoms with Gasteiger partial charge in [-0.2, -0.15) is 5.10 Å². The van der Waals surface area contributed by atoms with Gasteiger partial charge < -0.3 is 36.1 Å². The first-order valence-electron chi connectivity index (χ1n) is 13.3. The average molecular weight is 587 g/mol. The van der Waals surface area contributed by atoms with E-state index in [0.717, 1.165) is 0 Å². The second kappa shape index (κ2) is 11.2. The van der Waals surface area contributed by atoms with Crippen LogP contribution in [-0.4, -0.2) is 63.9 Å². The lowest BCUT2D eigenvalue weighted by Gasteiger charge is -2.10. The minimum Gasteiger partial charge on any atom is -0.506 e. The van der Waals surface area contributed by atoms with E-state index in [2.05, 4.69) is 25.7 Å². The van der Waals surface area contributed by atoms with Gasteiger partial charge in [-0.15, -0.1) is 0 Å². The van der Waals surface area contributed by atoms with Gasteiger partial charge in [0, 0.05) is 37.8 Å². The fourth-order valence-corrected chi connectivity index (χ4v) is 4.91. The minimum absolute atomic E-state index is 0.0636. The number of nitrogens with one attached hydrogen (secondary N) is 2. The molecule has 3 amide bonds. The summed E-state index contributed by atoms with van der Waals surface area (Å²) in [5, 5.41) is 31.5. The highest BCUT2D eigenvalue weighted by Gasteiger charge is 2.21. The Morgan fingerprint density at radius 3 is 1.86 bits per heavy atom. The first-order valence-corrected chi connectivity index (χ1v) is 13.3. The molecule has 0 aliphatic heterocycles. The Balaban J connectivity index is 1.50. The summed E-state index contributed by atoms with van der Waals surface area (Å²) >= 11 is 0. The van der Waals surface area contributed by atoms with Crippen LogP contribution in [0.5, 0.6) is 11.5 Å². The summed E-state index contributed by atoms with van der Waals surface area (Å²) in [7, 11) is 1.68. The molecule has 15 heteroatoms. The molecule has 222 valence electrons. The van der Waals surface area contributed by atoms with Crippen molar-refractivity contribution in [3.8, 4) is 11.5 Å². The third kappa shape index (κ3) is 5.30. The summed E-state index contributed by atoms with van der Waals surface area (Å²) in [5.41, 5.74) is 13.3. The Labute approximate surface area is 244 Å². The molecule has 5 rings (SSSR count). The van der Waals surface area contributed by atoms with Crippen molar-refractivity contribution in [2.24, 2.45) is 11.5 Å². The van der Waals surface area contributed by atoms with Crippen LogP contribution < -0.4 is 22.1 Å². The van der Waals surface area contributed by atoms with Crippen molar-refractivity contribution in [2.75, 3.05) is 17.7 Å². The van der Waals surface area contributed by atoms with Crippen LogP contribution in [0.25, 0.3) is 22.1 Å². The Hall–Kier alpha value is -5.86. The number of imidazole rings is 2. The molecule has 0 bridgehead atoms. The fourth-order valence-electron chi connectivity index (χ4n) is 4.91. The van der Waals surface area contributed by atoms with Gasteiger partial charge in [0.15, 0.2) is 0 Å². The average Bonchev–Trinajstić information content (AvgIpc) is 3.63. The van der Waals surface area contributed by atoms with Gasteiger partial charge in [-0.25, -0.2) is 9.97 Å². The SMILES string of the molecule is CCn1nc(C)cc1C(=O)Nc1nc2cc(C(N)=O)cc(O)c2n1C/C=C/Cn1c(NC)nc2cc(C(N)=O)cc(O)c21. The molecule has 2 aromatic carbocycles. The van der Waals surface area contributed by atoms with Crippen molar-refractivity contribution < 1.29 is 24.6 Å². The number of carbonyl (C=O) groups excluding carboxylic acids is 3. The largest absolute Gasteiger partial charge is 0.506 e. The van der Waals surface area contributed by atoms with E-state index in [-0.39, 0.29) is 52.7 Å². The molecule has 3 heterocycles. The molecule has 0 radical (unpaired) electrons. The van der Waals surface area contributed by atoms with Crippen LogP contribution in [0.1, 0.15) is 43.8 Å². The van der Waals surface area contributed by atoms with E-state index >= 15 is 0 Å². The van der Waals surface area contributed by atoms with E-state index in [9.17, 15) is 24.6 Å². The number of primary amides is 2. The normalized spacial score (nSPS) is 11.5. The van der Waals surface area contributed by atoms with Crippen LogP contribution >= 0.6 is 0 Å². The number of benzene rings is 2. The van der Waals surface area contributed by atoms with Gasteiger partial charge >= 0.3 is 0 Å². The van der Waals surface area contributed by atoms with Gasteiger partial charge in [-0.1, -0.05) is 12.2 Å². The number of aryl methyl sites for hydroxylation is 2. The number of anilines is 2. The number of phenols is 2. The number of hydrogen-bond donors (Lipinski definition) is 6. The highest BCUT2D eigenvalue weighted by atomic mass is 16.3. The van der Waals surface area contributed by atoms with Crippen molar-refractivity contribution in [3.63, 3.8) is 0 Å². The number of hydrogen-bond acceptors (Lipinski definition) is 9. The highest BCUT2D eigenvalue weighted by Crippen LogP contribution is 2.31. The molecule has 0 saturated carbocycles. The Morgan fingerprint density at radius 1 is 0.860 bits per heavy atom. The van der Waals surface area contributed by atoms with Crippen molar-refractivity contribution in [3.05, 3.63) is 65.0 Å². The number of allylic oxidation sites excluding steroid dienone is 2. The van der Waals surface area contributed by atoms with Crippen LogP contribution in [0.15, 0.2) is 42.5 Å². The van der Waals surface area contributed by atoms with Crippen LogP contribution in [0.4, 0.5) is 11.9 Å². The van der Waals surface area contributed by atoms with Crippen molar-refractivity contribution in [1.29, 1.82) is 0 Å². The molecule has 8 N–H and O–H groups in total. The second-order valence-corrected chi connectivity index (χ2v) is 9.71. The van der Waals surface area contributed by atoms with E-state index in [1.165, 1.54) is 24.3 Å². The second-order valence-electron chi connectivity index (χ2n) is 9.71. The maximum atomic E-state index is 13.2. The molecule has 0 fully saturated rings. The van der Waals surface area contributed by atoms with Gasteiger partial charge in [-0.3, -0.25) is 24.4 Å². The third-order valence-electron chi connectivity index (χ3n) is 6.84. The minimum atomic E-state index is -0.737. The van der Waals surface area contributed by atoms with Crippen LogP contribution in [-0.2, 0) is 19.6 Å². The molecule has 0 atom stereocenters. The summed E-state index contributed by atoms with van der Waals surface area (Å²) in [6.07, 6.45) is 3.57. The number of aromatic nitrogens is 6. The molecule has 0 saturated heterocycles. The number of nitrogens with zero attached hydrogens (tertiary/aromatic N) is 6. The van der Waals surface area contributed by atoms with E-state index < -0.39 is 17.7 Å². The molecule has 0 spiro atoms. The first kappa shape index (κ1) is 28.7. The lowest BCUT2D eigenvalue weighted by molar-refractivity contribution is 0.0991. The molecule has 3 aromatic heterocycles. The molecule has 15 nitrogen and oxygen atoms in total. The summed E-state index contributed by atoms with van der Waals surface area (Å²) in [6, 6.07) is 7.13. The van der Waals surface area contributed by atoms with Gasteiger partial charge in [-0.05, 0) is 44.2 Å². The Bertz CT molecular complexity index is 1950. The van der Waals surface area contributed by atoms with Gasteiger partial charge in [0.25, 0.3) is 5.91 Å². The van der Waals surface area contributed by atoms with Crippen LogP contribution in [0.3, 0.4) is 0 Å². The molecule has 5 aromatic rings. The van der Waals surface area contributed by atoms with Crippen LogP contribution in [0, 0.1) is 6.92 Å². The monoisotopic (exact) mass is 586 g/mol. The highest BCUT2D eigenvalue weighted by molar-refractivity contribution is 6.04. The number of carbonyl (C=O) groups is 3. The van der Waals surface area contributed by atoms with E-state index in [1.54, 1.807) is 46.0 Å². The van der Waals surface area contributed by atoms with Gasteiger partial charge in [0.05, 0.1) is 16.7 Å². The van der Waals surface area contributed by atoms with Crippen molar-refractivity contribution >= 4 is 51.7 Å². The molecule has 0 aliphatic rings. The number of phenolic OH excluding ortho intramolecular Hbond substituents is 2. The number of fused-ring (bicyclic) bond motifs is 2. The van der Waals surface area contributed by atoms with Crippen molar-refractivity contribution in [2.45, 2.75) is 33.5 Å². The number of nitrogens with two attached hydrogens (primary N) is 2. The van der Waals surface area contributed by atoms with Crippen molar-refractivity contribution in [1.82, 2.24) is 28.9 Å². The third-order valence-corrected chi connectivity index (χ3v) is 6.84. The summed E-state index contributed by atoms with van der Waals surface area (Å²) in [6.45, 7) is 4.55. The quantitative estimate of drug-likeness (QED) is 0.132. The number of amides is 3. The predicted molar refractivity (Wildman–Crippen MR) is 159 cm³/mol. The van der Waals surface area contributed by atoms with E-state index in [0.29, 0.717) is 34.9 Å². The lowest BCUT2D eigenvalue weighted by atomic mass is 10.1. The van der Waals surface area contributed by atoms with Crippen LogP contribution in [0.2, 0.25) is 0 Å². The van der Waals surface area contributed by atoms with E-state index in [1.807, 2.05) is 6.92 Å².